The zero-order chi connectivity index (χ0) is 15.5. The van der Waals surface area contributed by atoms with Crippen LogP contribution in [-0.4, -0.2) is 43.2 Å². The van der Waals surface area contributed by atoms with Crippen LogP contribution in [0.5, 0.6) is 0 Å². The van der Waals surface area contributed by atoms with E-state index in [1.807, 2.05) is 31.0 Å². The van der Waals surface area contributed by atoms with Crippen LogP contribution in [0.2, 0.25) is 0 Å². The first-order valence-electron chi connectivity index (χ1n) is 8.09. The summed E-state index contributed by atoms with van der Waals surface area (Å²) in [5, 5.41) is 2.90. The Kier molecular flexibility index (Phi) is 2.90. The molecule has 2 heterocycles. The summed E-state index contributed by atoms with van der Waals surface area (Å²) in [5.41, 5.74) is 1.38. The van der Waals surface area contributed by atoms with E-state index in [9.17, 15) is 9.18 Å². The van der Waals surface area contributed by atoms with E-state index in [4.69, 9.17) is 0 Å². The first-order chi connectivity index (χ1) is 10.6. The third-order valence-corrected chi connectivity index (χ3v) is 5.79. The molecule has 22 heavy (non-hydrogen) atoms. The highest BCUT2D eigenvalue weighted by Gasteiger charge is 2.74. The van der Waals surface area contributed by atoms with Gasteiger partial charge in [0.25, 0.3) is 0 Å². The van der Waals surface area contributed by atoms with Crippen LogP contribution < -0.4 is 10.2 Å². The molecule has 4 atom stereocenters. The smallest absolute Gasteiger partial charge is 0.317 e. The molecule has 2 saturated carbocycles. The minimum atomic E-state index is -0.190. The van der Waals surface area contributed by atoms with Crippen molar-refractivity contribution in [1.82, 2.24) is 10.2 Å². The fourth-order valence-corrected chi connectivity index (χ4v) is 4.85. The average molecular weight is 305 g/mol. The number of nitrogens with one attached hydrogen (secondary N) is 1. The summed E-state index contributed by atoms with van der Waals surface area (Å²) < 4.78 is 13.1. The lowest BCUT2D eigenvalue weighted by molar-refractivity contribution is -0.00158. The molecule has 2 bridgehead atoms. The number of piperidine rings is 2. The number of carbonyl (C=O) groups excluding carboxylic acids is 1. The van der Waals surface area contributed by atoms with Gasteiger partial charge in [-0.3, -0.25) is 0 Å². The second kappa shape index (κ2) is 4.61. The molecule has 4 fully saturated rings. The van der Waals surface area contributed by atoms with Crippen molar-refractivity contribution < 1.29 is 10.6 Å². The van der Waals surface area contributed by atoms with E-state index in [1.165, 1.54) is 18.6 Å². The third kappa shape index (κ3) is 1.77. The van der Waals surface area contributed by atoms with E-state index in [-0.39, 0.29) is 18.7 Å². The number of halogens is 1. The van der Waals surface area contributed by atoms with Crippen LogP contribution >= 0.6 is 0 Å². The minimum absolute atomic E-state index is 0. The highest BCUT2D eigenvalue weighted by atomic mass is 19.1. The number of anilines is 1. The summed E-state index contributed by atoms with van der Waals surface area (Å²) in [6, 6.07) is 7.71. The highest BCUT2D eigenvalue weighted by Crippen LogP contribution is 2.70. The molecule has 5 heteroatoms. The van der Waals surface area contributed by atoms with Crippen LogP contribution in [0.25, 0.3) is 0 Å². The summed E-state index contributed by atoms with van der Waals surface area (Å²) in [4.78, 5) is 16.4. The maximum atomic E-state index is 13.1. The first kappa shape index (κ1) is 13.9. The van der Waals surface area contributed by atoms with E-state index < -0.39 is 0 Å². The van der Waals surface area contributed by atoms with Crippen molar-refractivity contribution in [2.45, 2.75) is 31.8 Å². The van der Waals surface area contributed by atoms with Crippen LogP contribution in [0, 0.1) is 17.2 Å². The number of hydrogen-bond donors (Lipinski definition) is 1. The van der Waals surface area contributed by atoms with Gasteiger partial charge in [-0.15, -0.1) is 0 Å². The van der Waals surface area contributed by atoms with Gasteiger partial charge in [0.05, 0.1) is 0 Å². The zero-order valence-corrected chi connectivity index (χ0v) is 13.1. The van der Waals surface area contributed by atoms with E-state index in [0.717, 1.165) is 18.7 Å². The number of hydrogen-bond acceptors (Lipinski definition) is 2. The van der Waals surface area contributed by atoms with Gasteiger partial charge in [-0.25, -0.2) is 9.18 Å². The van der Waals surface area contributed by atoms with Crippen molar-refractivity contribution in [3.8, 4) is 0 Å². The van der Waals surface area contributed by atoms with Gasteiger partial charge in [0.15, 0.2) is 0 Å². The molecule has 0 aromatic heterocycles. The minimum Gasteiger partial charge on any atom is -0.368 e. The Balaban J connectivity index is 0.00000156. The van der Waals surface area contributed by atoms with Crippen molar-refractivity contribution in [2.75, 3.05) is 25.0 Å². The quantitative estimate of drug-likeness (QED) is 0.932. The first-order valence-corrected chi connectivity index (χ1v) is 8.09. The van der Waals surface area contributed by atoms with Gasteiger partial charge < -0.3 is 15.1 Å². The maximum absolute atomic E-state index is 13.1. The standard InChI is InChI=1S/C17H22FN3O.H2/c1-3-19-16(22)20(2)15-11-8-17(15)9-14(17)21(10-11)13-6-4-12(18)5-7-13;/h4-7,11,14-15H,3,8-10H2,1-2H3,(H,19,22);1H/t11-,14+,15?,17?;/m0./s1. The van der Waals surface area contributed by atoms with E-state index in [0.29, 0.717) is 24.5 Å². The second-order valence-electron chi connectivity index (χ2n) is 6.94. The van der Waals surface area contributed by atoms with Gasteiger partial charge in [-0.05, 0) is 49.9 Å². The van der Waals surface area contributed by atoms with Crippen molar-refractivity contribution >= 4 is 11.7 Å². The lowest BCUT2D eigenvalue weighted by Gasteiger charge is -2.57. The van der Waals surface area contributed by atoms with Crippen LogP contribution in [0.4, 0.5) is 14.9 Å². The Morgan fingerprint density at radius 3 is 2.86 bits per heavy atom. The van der Waals surface area contributed by atoms with Crippen molar-refractivity contribution in [3.63, 3.8) is 0 Å². The molecule has 1 N–H and O–H groups in total. The lowest BCUT2D eigenvalue weighted by atomic mass is 9.63. The lowest BCUT2D eigenvalue weighted by Crippen LogP contribution is -2.66. The van der Waals surface area contributed by atoms with Crippen molar-refractivity contribution in [2.24, 2.45) is 11.3 Å². The normalized spacial score (nSPS) is 34.5. The van der Waals surface area contributed by atoms with Gasteiger partial charge in [-0.1, -0.05) is 0 Å². The monoisotopic (exact) mass is 305 g/mol. The van der Waals surface area contributed by atoms with Crippen LogP contribution in [0.1, 0.15) is 21.2 Å². The maximum Gasteiger partial charge on any atom is 0.317 e. The Bertz CT molecular complexity index is 610. The number of rotatable bonds is 3. The van der Waals surface area contributed by atoms with E-state index >= 15 is 0 Å². The largest absolute Gasteiger partial charge is 0.368 e. The Morgan fingerprint density at radius 2 is 2.18 bits per heavy atom. The molecule has 4 nitrogen and oxygen atoms in total. The van der Waals surface area contributed by atoms with Crippen molar-refractivity contribution in [3.05, 3.63) is 30.1 Å². The Labute approximate surface area is 131 Å². The van der Waals surface area contributed by atoms with Crippen LogP contribution in [0.3, 0.4) is 0 Å². The number of amides is 2. The molecule has 1 spiro atoms. The number of urea groups is 1. The molecule has 1 aromatic carbocycles. The van der Waals surface area contributed by atoms with Gasteiger partial charge in [0.2, 0.25) is 0 Å². The summed E-state index contributed by atoms with van der Waals surface area (Å²) in [6.45, 7) is 3.58. The summed E-state index contributed by atoms with van der Waals surface area (Å²) in [6.07, 6.45) is 2.37. The van der Waals surface area contributed by atoms with Crippen molar-refractivity contribution in [1.29, 1.82) is 0 Å². The van der Waals surface area contributed by atoms with Gasteiger partial charge >= 0.3 is 6.03 Å². The summed E-state index contributed by atoms with van der Waals surface area (Å²) in [7, 11) is 1.92. The molecule has 120 valence electrons. The molecule has 0 radical (unpaired) electrons. The topological polar surface area (TPSA) is 35.6 Å². The predicted octanol–water partition coefficient (Wildman–Crippen LogP) is 2.70. The molecule has 4 aliphatic rings. The third-order valence-electron chi connectivity index (χ3n) is 5.79. The van der Waals surface area contributed by atoms with Gasteiger partial charge in [-0.2, -0.15) is 0 Å². The molecule has 2 aliphatic carbocycles. The fourth-order valence-electron chi connectivity index (χ4n) is 4.85. The number of benzene rings is 1. The van der Waals surface area contributed by atoms with E-state index in [1.54, 1.807) is 0 Å². The van der Waals surface area contributed by atoms with Crippen LogP contribution in [-0.2, 0) is 0 Å². The highest BCUT2D eigenvalue weighted by molar-refractivity contribution is 5.75. The molecular weight excluding hydrogens is 281 g/mol. The fraction of sp³-hybridized carbons (Fsp3) is 0.588. The average Bonchev–Trinajstić information content (AvgIpc) is 3.25. The number of nitrogens with zero attached hydrogens (tertiary/aromatic N) is 2. The molecular formula is C17H24FN3O. The Morgan fingerprint density at radius 1 is 1.45 bits per heavy atom. The van der Waals surface area contributed by atoms with Gasteiger partial charge in [0, 0.05) is 44.7 Å². The molecule has 1 aromatic rings. The number of fused-ring (bicyclic) bond motifs is 1. The van der Waals surface area contributed by atoms with Crippen LogP contribution in [0.15, 0.2) is 24.3 Å². The SMILES string of the molecule is CCNC(=O)N(C)C1[C@@H]2CN(c3ccc(F)cc3)[C@@H]3CC13C2.[HH]. The Hall–Kier alpha value is -1.78. The molecule has 2 aliphatic heterocycles. The summed E-state index contributed by atoms with van der Waals surface area (Å²) >= 11 is 0. The molecule has 2 unspecified atom stereocenters. The molecule has 2 amide bonds. The number of carbonyl (C=O) groups is 1. The molecule has 5 rings (SSSR count). The second-order valence-corrected chi connectivity index (χ2v) is 6.94. The summed E-state index contributed by atoms with van der Waals surface area (Å²) in [5.74, 6) is 0.335. The van der Waals surface area contributed by atoms with E-state index in [2.05, 4.69) is 10.2 Å². The van der Waals surface area contributed by atoms with Gasteiger partial charge in [0.1, 0.15) is 5.82 Å². The predicted molar refractivity (Wildman–Crippen MR) is 85.4 cm³/mol. The molecule has 2 saturated heterocycles. The zero-order valence-electron chi connectivity index (χ0n) is 13.1.